The Kier molecular flexibility index (Phi) is 7.10. The van der Waals surface area contributed by atoms with Crippen molar-refractivity contribution >= 4 is 17.8 Å². The molecule has 3 rings (SSSR count). The van der Waals surface area contributed by atoms with E-state index in [1.54, 1.807) is 0 Å². The number of carboxylic acids is 1. The number of hydrogen-bond donors (Lipinski definition) is 3. The molecule has 0 aromatic heterocycles. The number of unbranched alkanes of at least 4 members (excludes halogenated alkanes) is 3. The number of carbonyl (C=O) groups excluding carboxylic acids is 2. The predicted octanol–water partition coefficient (Wildman–Crippen LogP) is 1.85. The number of amides is 2. The van der Waals surface area contributed by atoms with Crippen molar-refractivity contribution in [2.24, 2.45) is 17.8 Å². The fourth-order valence-electron chi connectivity index (χ4n) is 4.49. The Bertz CT molecular complexity index is 548. The number of rotatable bonds is 11. The van der Waals surface area contributed by atoms with Crippen LogP contribution in [0.2, 0.25) is 0 Å². The molecule has 7 heteroatoms. The lowest BCUT2D eigenvalue weighted by molar-refractivity contribution is -0.139. The first-order chi connectivity index (χ1) is 13.0. The summed E-state index contributed by atoms with van der Waals surface area (Å²) >= 11 is 0. The third kappa shape index (κ3) is 5.92. The zero-order valence-electron chi connectivity index (χ0n) is 16.0. The zero-order chi connectivity index (χ0) is 19.2. The van der Waals surface area contributed by atoms with Gasteiger partial charge in [-0.3, -0.25) is 14.4 Å². The van der Waals surface area contributed by atoms with Crippen molar-refractivity contribution in [3.63, 3.8) is 0 Å². The Hall–Kier alpha value is -1.63. The minimum absolute atomic E-state index is 0.196. The van der Waals surface area contributed by atoms with Crippen molar-refractivity contribution < 1.29 is 24.2 Å². The maximum absolute atomic E-state index is 12.0. The lowest BCUT2D eigenvalue weighted by Crippen LogP contribution is -2.44. The third-order valence-corrected chi connectivity index (χ3v) is 6.22. The van der Waals surface area contributed by atoms with Crippen LogP contribution in [0.5, 0.6) is 0 Å². The average molecular weight is 380 g/mol. The number of carbonyl (C=O) groups is 3. The van der Waals surface area contributed by atoms with Crippen LogP contribution in [-0.4, -0.2) is 48.2 Å². The van der Waals surface area contributed by atoms with Gasteiger partial charge in [0.15, 0.2) is 0 Å². The molecule has 0 aromatic carbocycles. The molecule has 1 saturated carbocycles. The number of ether oxygens (including phenoxy) is 1. The van der Waals surface area contributed by atoms with Crippen molar-refractivity contribution in [3.8, 4) is 0 Å². The molecule has 0 aromatic rings. The SMILES string of the molecule is O=C(O)CCCCCCC1C2CCC(O2)C1CNC(=O)C(=O)NCC1CC1. The van der Waals surface area contributed by atoms with Gasteiger partial charge in [-0.2, -0.15) is 0 Å². The summed E-state index contributed by atoms with van der Waals surface area (Å²) in [5.41, 5.74) is 0. The molecule has 0 spiro atoms. The van der Waals surface area contributed by atoms with Gasteiger partial charge in [0.25, 0.3) is 0 Å². The number of hydrogen-bond acceptors (Lipinski definition) is 4. The lowest BCUT2D eigenvalue weighted by Gasteiger charge is -2.28. The molecular weight excluding hydrogens is 348 g/mol. The van der Waals surface area contributed by atoms with Crippen LogP contribution < -0.4 is 10.6 Å². The second-order valence-corrected chi connectivity index (χ2v) is 8.33. The van der Waals surface area contributed by atoms with Crippen molar-refractivity contribution in [1.82, 2.24) is 10.6 Å². The van der Waals surface area contributed by atoms with E-state index in [2.05, 4.69) is 10.6 Å². The van der Waals surface area contributed by atoms with Gasteiger partial charge in [0.1, 0.15) is 0 Å². The van der Waals surface area contributed by atoms with E-state index in [0.29, 0.717) is 24.9 Å². The molecular formula is C20H32N2O5. The summed E-state index contributed by atoms with van der Waals surface area (Å²) in [6.45, 7) is 1.11. The molecule has 2 aliphatic heterocycles. The van der Waals surface area contributed by atoms with Crippen LogP contribution in [-0.2, 0) is 19.1 Å². The molecule has 4 atom stereocenters. The standard InChI is InChI=1S/C20H32N2O5/c23-18(24)6-4-2-1-3-5-14-15(17-10-9-16(14)27-17)12-22-20(26)19(25)21-11-13-7-8-13/h13-17H,1-12H2,(H,21,25)(H,22,26)(H,23,24). The van der Waals surface area contributed by atoms with E-state index in [-0.39, 0.29) is 24.5 Å². The first-order valence-corrected chi connectivity index (χ1v) is 10.5. The smallest absolute Gasteiger partial charge is 0.309 e. The van der Waals surface area contributed by atoms with E-state index in [1.165, 1.54) is 0 Å². The van der Waals surface area contributed by atoms with E-state index >= 15 is 0 Å². The molecule has 1 aliphatic carbocycles. The molecule has 152 valence electrons. The van der Waals surface area contributed by atoms with E-state index in [1.807, 2.05) is 0 Å². The maximum Gasteiger partial charge on any atom is 0.309 e. The molecule has 2 heterocycles. The van der Waals surface area contributed by atoms with Crippen LogP contribution in [0, 0.1) is 17.8 Å². The van der Waals surface area contributed by atoms with E-state index in [0.717, 1.165) is 57.8 Å². The molecule has 2 bridgehead atoms. The largest absolute Gasteiger partial charge is 0.481 e. The fraction of sp³-hybridized carbons (Fsp3) is 0.850. The Balaban J connectivity index is 1.36. The Morgan fingerprint density at radius 2 is 1.44 bits per heavy atom. The van der Waals surface area contributed by atoms with Crippen molar-refractivity contribution in [3.05, 3.63) is 0 Å². The lowest BCUT2D eigenvalue weighted by atomic mass is 9.76. The minimum Gasteiger partial charge on any atom is -0.481 e. The van der Waals surface area contributed by atoms with Crippen LogP contribution in [0.4, 0.5) is 0 Å². The highest BCUT2D eigenvalue weighted by molar-refractivity contribution is 6.35. The van der Waals surface area contributed by atoms with Gasteiger partial charge in [-0.05, 0) is 50.4 Å². The van der Waals surface area contributed by atoms with Gasteiger partial charge < -0.3 is 20.5 Å². The average Bonchev–Trinajstić information content (AvgIpc) is 3.26. The topological polar surface area (TPSA) is 105 Å². The Morgan fingerprint density at radius 3 is 2.11 bits per heavy atom. The number of fused-ring (bicyclic) bond motifs is 2. The van der Waals surface area contributed by atoms with Gasteiger partial charge in [-0.25, -0.2) is 0 Å². The summed E-state index contributed by atoms with van der Waals surface area (Å²) in [5.74, 6) is -0.526. The van der Waals surface area contributed by atoms with Crippen molar-refractivity contribution in [1.29, 1.82) is 0 Å². The highest BCUT2D eigenvalue weighted by Gasteiger charge is 2.48. The normalized spacial score (nSPS) is 28.9. The molecule has 2 saturated heterocycles. The monoisotopic (exact) mass is 380 g/mol. The van der Waals surface area contributed by atoms with Gasteiger partial charge in [-0.1, -0.05) is 19.3 Å². The van der Waals surface area contributed by atoms with Crippen molar-refractivity contribution in [2.45, 2.75) is 76.4 Å². The highest BCUT2D eigenvalue weighted by Crippen LogP contribution is 2.45. The van der Waals surface area contributed by atoms with Gasteiger partial charge >= 0.3 is 17.8 Å². The molecule has 27 heavy (non-hydrogen) atoms. The second kappa shape index (κ2) is 9.53. The summed E-state index contributed by atoms with van der Waals surface area (Å²) in [5, 5.41) is 14.2. The Labute approximate surface area is 160 Å². The maximum atomic E-state index is 12.0. The fourth-order valence-corrected chi connectivity index (χ4v) is 4.49. The molecule has 3 fully saturated rings. The molecule has 0 radical (unpaired) electrons. The molecule has 7 nitrogen and oxygen atoms in total. The summed E-state index contributed by atoms with van der Waals surface area (Å²) in [7, 11) is 0. The highest BCUT2D eigenvalue weighted by atomic mass is 16.5. The van der Waals surface area contributed by atoms with E-state index in [4.69, 9.17) is 9.84 Å². The van der Waals surface area contributed by atoms with Crippen LogP contribution in [0.15, 0.2) is 0 Å². The molecule has 3 N–H and O–H groups in total. The number of carboxylic acid groups (broad SMARTS) is 1. The number of aliphatic carboxylic acids is 1. The molecule has 4 unspecified atom stereocenters. The zero-order valence-corrected chi connectivity index (χ0v) is 16.0. The first-order valence-electron chi connectivity index (χ1n) is 10.5. The predicted molar refractivity (Wildman–Crippen MR) is 99.0 cm³/mol. The van der Waals surface area contributed by atoms with E-state index < -0.39 is 17.8 Å². The van der Waals surface area contributed by atoms with Gasteiger partial charge in [-0.15, -0.1) is 0 Å². The minimum atomic E-state index is -0.728. The summed E-state index contributed by atoms with van der Waals surface area (Å²) in [6.07, 6.45) is 9.93. The second-order valence-electron chi connectivity index (χ2n) is 8.33. The van der Waals surface area contributed by atoms with Crippen LogP contribution in [0.25, 0.3) is 0 Å². The van der Waals surface area contributed by atoms with E-state index in [9.17, 15) is 14.4 Å². The van der Waals surface area contributed by atoms with Crippen LogP contribution in [0.1, 0.15) is 64.2 Å². The summed E-state index contributed by atoms with van der Waals surface area (Å²) < 4.78 is 6.06. The summed E-state index contributed by atoms with van der Waals surface area (Å²) in [6, 6.07) is 0. The number of nitrogens with one attached hydrogen (secondary N) is 2. The first kappa shape index (κ1) is 20.1. The van der Waals surface area contributed by atoms with Crippen molar-refractivity contribution in [2.75, 3.05) is 13.1 Å². The van der Waals surface area contributed by atoms with Gasteiger partial charge in [0, 0.05) is 25.4 Å². The van der Waals surface area contributed by atoms with Gasteiger partial charge in [0.05, 0.1) is 12.2 Å². The molecule has 3 aliphatic rings. The van der Waals surface area contributed by atoms with Gasteiger partial charge in [0.2, 0.25) is 0 Å². The summed E-state index contributed by atoms with van der Waals surface area (Å²) in [4.78, 5) is 34.4. The van der Waals surface area contributed by atoms with Crippen LogP contribution >= 0.6 is 0 Å². The van der Waals surface area contributed by atoms with Crippen LogP contribution in [0.3, 0.4) is 0 Å². The quantitative estimate of drug-likeness (QED) is 0.375. The Morgan fingerprint density at radius 1 is 0.815 bits per heavy atom. The third-order valence-electron chi connectivity index (χ3n) is 6.22. The molecule has 2 amide bonds.